The van der Waals surface area contributed by atoms with Gasteiger partial charge in [-0.2, -0.15) is 0 Å². The Morgan fingerprint density at radius 3 is 2.71 bits per heavy atom. The molecule has 28 heavy (non-hydrogen) atoms. The van der Waals surface area contributed by atoms with Gasteiger partial charge in [0.05, 0.1) is 11.3 Å². The fourth-order valence-corrected chi connectivity index (χ4v) is 3.10. The number of carboxylic acid groups (broad SMARTS) is 1. The molecule has 0 saturated carbocycles. The molecule has 0 saturated heterocycles. The first kappa shape index (κ1) is 17.5. The molecule has 7 nitrogen and oxygen atoms in total. The molecule has 0 atom stereocenters. The Kier molecular flexibility index (Phi) is 4.88. The van der Waals surface area contributed by atoms with Crippen LogP contribution in [0.4, 0.5) is 17.3 Å². The molecule has 0 spiro atoms. The summed E-state index contributed by atoms with van der Waals surface area (Å²) in [6.45, 7) is 0.712. The van der Waals surface area contributed by atoms with Gasteiger partial charge in [0.1, 0.15) is 18.0 Å². The molecule has 7 heteroatoms. The second kappa shape index (κ2) is 7.79. The topological polar surface area (TPSA) is 103 Å². The predicted molar refractivity (Wildman–Crippen MR) is 109 cm³/mol. The van der Waals surface area contributed by atoms with Gasteiger partial charge in [-0.25, -0.2) is 14.8 Å². The van der Waals surface area contributed by atoms with E-state index in [-0.39, 0.29) is 5.56 Å². The molecular formula is C21H19N5O2. The minimum absolute atomic E-state index is 0.190. The summed E-state index contributed by atoms with van der Waals surface area (Å²) in [6.07, 6.45) is 4.32. The molecule has 0 aliphatic rings. The van der Waals surface area contributed by atoms with Gasteiger partial charge in [0, 0.05) is 29.7 Å². The van der Waals surface area contributed by atoms with Gasteiger partial charge < -0.3 is 20.7 Å². The van der Waals surface area contributed by atoms with E-state index < -0.39 is 5.97 Å². The van der Waals surface area contributed by atoms with Crippen molar-refractivity contribution >= 4 is 34.2 Å². The third kappa shape index (κ3) is 3.78. The van der Waals surface area contributed by atoms with Crippen LogP contribution < -0.4 is 10.6 Å². The van der Waals surface area contributed by atoms with Crippen LogP contribution in [-0.2, 0) is 6.42 Å². The average Bonchev–Trinajstić information content (AvgIpc) is 3.12. The van der Waals surface area contributed by atoms with Crippen LogP contribution in [0.3, 0.4) is 0 Å². The minimum Gasteiger partial charge on any atom is -0.478 e. The molecule has 0 amide bonds. The van der Waals surface area contributed by atoms with Crippen molar-refractivity contribution in [3.63, 3.8) is 0 Å². The average molecular weight is 373 g/mol. The monoisotopic (exact) mass is 373 g/mol. The normalized spacial score (nSPS) is 10.7. The number of fused-ring (bicyclic) bond motifs is 1. The van der Waals surface area contributed by atoms with Gasteiger partial charge in [0.15, 0.2) is 0 Å². The number of benzene rings is 2. The van der Waals surface area contributed by atoms with E-state index in [1.807, 2.05) is 18.3 Å². The number of carboxylic acids is 1. The molecule has 2 heterocycles. The first-order valence-corrected chi connectivity index (χ1v) is 8.91. The van der Waals surface area contributed by atoms with Crippen LogP contribution >= 0.6 is 0 Å². The zero-order valence-electron chi connectivity index (χ0n) is 15.0. The van der Waals surface area contributed by atoms with Gasteiger partial charge in [-0.15, -0.1) is 0 Å². The van der Waals surface area contributed by atoms with Gasteiger partial charge in [0.25, 0.3) is 0 Å². The highest BCUT2D eigenvalue weighted by molar-refractivity contribution is 5.95. The lowest BCUT2D eigenvalue weighted by molar-refractivity contribution is 0.0698. The zero-order chi connectivity index (χ0) is 19.3. The number of anilines is 3. The number of aromatic carboxylic acids is 1. The molecule has 2 aromatic carbocycles. The Morgan fingerprint density at radius 2 is 1.82 bits per heavy atom. The molecule has 0 aliphatic heterocycles. The Bertz CT molecular complexity index is 1120. The quantitative estimate of drug-likeness (QED) is 0.390. The smallest absolute Gasteiger partial charge is 0.337 e. The number of para-hydroxylation sites is 2. The van der Waals surface area contributed by atoms with Crippen LogP contribution in [0.1, 0.15) is 15.9 Å². The highest BCUT2D eigenvalue weighted by atomic mass is 16.4. The fraction of sp³-hybridized carbons (Fsp3) is 0.0952. The molecular weight excluding hydrogens is 354 g/mol. The summed E-state index contributed by atoms with van der Waals surface area (Å²) in [5, 5.41) is 16.8. The van der Waals surface area contributed by atoms with E-state index in [9.17, 15) is 9.90 Å². The highest BCUT2D eigenvalue weighted by Crippen LogP contribution is 2.21. The van der Waals surface area contributed by atoms with Crippen LogP contribution in [0.25, 0.3) is 10.9 Å². The van der Waals surface area contributed by atoms with Gasteiger partial charge in [-0.05, 0) is 30.2 Å². The summed E-state index contributed by atoms with van der Waals surface area (Å²) in [7, 11) is 0. The minimum atomic E-state index is -0.991. The van der Waals surface area contributed by atoms with Crippen molar-refractivity contribution < 1.29 is 9.90 Å². The summed E-state index contributed by atoms with van der Waals surface area (Å²) in [5.41, 5.74) is 3.04. The van der Waals surface area contributed by atoms with Crippen LogP contribution in [0.2, 0.25) is 0 Å². The van der Waals surface area contributed by atoms with E-state index in [0.29, 0.717) is 23.9 Å². The molecule has 0 unspecified atom stereocenters. The summed E-state index contributed by atoms with van der Waals surface area (Å²) >= 11 is 0. The number of hydrogen-bond acceptors (Lipinski definition) is 5. The highest BCUT2D eigenvalue weighted by Gasteiger charge is 2.10. The number of aromatic nitrogens is 3. The van der Waals surface area contributed by atoms with Gasteiger partial charge in [-0.1, -0.05) is 30.3 Å². The maximum absolute atomic E-state index is 11.3. The number of nitrogens with one attached hydrogen (secondary N) is 3. The fourth-order valence-electron chi connectivity index (χ4n) is 3.10. The summed E-state index contributed by atoms with van der Waals surface area (Å²) < 4.78 is 0. The SMILES string of the molecule is O=C(O)c1ccccc1Nc1cc(NCCc2c[nH]c3ccccc23)ncn1. The molecule has 4 aromatic rings. The number of aromatic amines is 1. The van der Waals surface area contributed by atoms with E-state index >= 15 is 0 Å². The zero-order valence-corrected chi connectivity index (χ0v) is 15.0. The Morgan fingerprint density at radius 1 is 1.04 bits per heavy atom. The van der Waals surface area contributed by atoms with E-state index in [1.54, 1.807) is 30.3 Å². The van der Waals surface area contributed by atoms with E-state index in [1.165, 1.54) is 17.3 Å². The molecule has 0 fully saturated rings. The number of rotatable bonds is 7. The molecule has 2 aromatic heterocycles. The first-order chi connectivity index (χ1) is 13.7. The Hall–Kier alpha value is -3.87. The van der Waals surface area contributed by atoms with E-state index in [4.69, 9.17) is 0 Å². The molecule has 0 radical (unpaired) electrons. The van der Waals surface area contributed by atoms with E-state index in [2.05, 4.69) is 37.7 Å². The first-order valence-electron chi connectivity index (χ1n) is 8.91. The van der Waals surface area contributed by atoms with Crippen molar-refractivity contribution in [1.82, 2.24) is 15.0 Å². The standard InChI is InChI=1S/C21H19N5O2/c27-21(28)16-6-2-4-8-18(16)26-20-11-19(24-13-25-20)22-10-9-14-12-23-17-7-3-1-5-15(14)17/h1-8,11-13,23H,9-10H2,(H,27,28)(H2,22,24,25,26). The van der Waals surface area contributed by atoms with Crippen LogP contribution in [0.15, 0.2) is 67.1 Å². The second-order valence-electron chi connectivity index (χ2n) is 6.30. The van der Waals surface area contributed by atoms with Crippen molar-refractivity contribution in [3.8, 4) is 0 Å². The predicted octanol–water partition coefficient (Wildman–Crippen LogP) is 4.05. The van der Waals surface area contributed by atoms with Crippen LogP contribution in [0, 0.1) is 0 Å². The maximum Gasteiger partial charge on any atom is 0.337 e. The van der Waals surface area contributed by atoms with Crippen molar-refractivity contribution in [1.29, 1.82) is 0 Å². The number of nitrogens with zero attached hydrogens (tertiary/aromatic N) is 2. The van der Waals surface area contributed by atoms with Crippen LogP contribution in [-0.4, -0.2) is 32.6 Å². The lowest BCUT2D eigenvalue weighted by Gasteiger charge is -2.10. The summed E-state index contributed by atoms with van der Waals surface area (Å²) in [4.78, 5) is 23.0. The molecule has 0 aliphatic carbocycles. The van der Waals surface area contributed by atoms with Crippen LogP contribution in [0.5, 0.6) is 0 Å². The van der Waals surface area contributed by atoms with Crippen molar-refractivity contribution in [2.45, 2.75) is 6.42 Å². The Balaban J connectivity index is 1.42. The summed E-state index contributed by atoms with van der Waals surface area (Å²) in [5.74, 6) is 0.206. The molecule has 140 valence electrons. The molecule has 4 N–H and O–H groups in total. The third-order valence-electron chi connectivity index (χ3n) is 4.46. The van der Waals surface area contributed by atoms with Crippen molar-refractivity contribution in [3.05, 3.63) is 78.2 Å². The van der Waals surface area contributed by atoms with Crippen molar-refractivity contribution in [2.24, 2.45) is 0 Å². The maximum atomic E-state index is 11.3. The largest absolute Gasteiger partial charge is 0.478 e. The number of carbonyl (C=O) groups is 1. The van der Waals surface area contributed by atoms with E-state index in [0.717, 1.165) is 11.9 Å². The number of hydrogen-bond donors (Lipinski definition) is 4. The van der Waals surface area contributed by atoms with Gasteiger partial charge in [0.2, 0.25) is 0 Å². The lowest BCUT2D eigenvalue weighted by atomic mass is 10.1. The van der Waals surface area contributed by atoms with Gasteiger partial charge >= 0.3 is 5.97 Å². The van der Waals surface area contributed by atoms with Gasteiger partial charge in [-0.3, -0.25) is 0 Å². The van der Waals surface area contributed by atoms with Crippen molar-refractivity contribution in [2.75, 3.05) is 17.2 Å². The number of H-pyrrole nitrogens is 1. The molecule has 4 rings (SSSR count). The lowest BCUT2D eigenvalue weighted by Crippen LogP contribution is -2.08. The third-order valence-corrected chi connectivity index (χ3v) is 4.46. The molecule has 0 bridgehead atoms. The Labute approximate surface area is 161 Å². The summed E-state index contributed by atoms with van der Waals surface area (Å²) in [6, 6.07) is 16.7. The second-order valence-corrected chi connectivity index (χ2v) is 6.30.